The Morgan fingerprint density at radius 3 is 2.65 bits per heavy atom. The number of unbranched alkanes of at least 4 members (excludes halogenated alkanes) is 2. The summed E-state index contributed by atoms with van der Waals surface area (Å²) in [5.41, 5.74) is 7.57. The zero-order valence-electron chi connectivity index (χ0n) is 10.9. The Bertz CT molecular complexity index is 360. The molecule has 3 heteroatoms. The van der Waals surface area contributed by atoms with Crippen LogP contribution >= 0.6 is 0 Å². The van der Waals surface area contributed by atoms with Crippen LogP contribution in [0.15, 0.2) is 24.3 Å². The molecule has 0 aromatic heterocycles. The lowest BCUT2D eigenvalue weighted by Crippen LogP contribution is -2.22. The highest BCUT2D eigenvalue weighted by atomic mass is 15.1. The zero-order valence-corrected chi connectivity index (χ0v) is 10.9. The number of nitrogens with one attached hydrogen (secondary N) is 1. The van der Waals surface area contributed by atoms with Crippen molar-refractivity contribution in [2.75, 3.05) is 13.6 Å². The van der Waals surface area contributed by atoms with Crippen molar-refractivity contribution in [3.63, 3.8) is 0 Å². The van der Waals surface area contributed by atoms with Gasteiger partial charge >= 0.3 is 0 Å². The third-order valence-corrected chi connectivity index (χ3v) is 2.89. The van der Waals surface area contributed by atoms with E-state index in [2.05, 4.69) is 18.9 Å². The second-order valence-electron chi connectivity index (χ2n) is 4.52. The molecule has 0 fully saturated rings. The van der Waals surface area contributed by atoms with Crippen LogP contribution in [0.3, 0.4) is 0 Å². The van der Waals surface area contributed by atoms with Gasteiger partial charge < -0.3 is 10.6 Å². The molecule has 1 aromatic carbocycles. The van der Waals surface area contributed by atoms with E-state index in [0.29, 0.717) is 0 Å². The molecule has 0 radical (unpaired) electrons. The van der Waals surface area contributed by atoms with Gasteiger partial charge in [0.25, 0.3) is 0 Å². The first kappa shape index (κ1) is 13.7. The van der Waals surface area contributed by atoms with Crippen molar-refractivity contribution in [2.45, 2.75) is 32.7 Å². The van der Waals surface area contributed by atoms with Gasteiger partial charge in [-0.3, -0.25) is 5.41 Å². The van der Waals surface area contributed by atoms with Crippen LogP contribution in [0.5, 0.6) is 0 Å². The molecule has 3 nitrogen and oxygen atoms in total. The summed E-state index contributed by atoms with van der Waals surface area (Å²) in [6, 6.07) is 7.89. The number of nitrogens with two attached hydrogens (primary N) is 1. The Hall–Kier alpha value is -1.35. The van der Waals surface area contributed by atoms with E-state index in [1.807, 2.05) is 24.3 Å². The third-order valence-electron chi connectivity index (χ3n) is 2.89. The van der Waals surface area contributed by atoms with E-state index in [1.54, 1.807) is 0 Å². The van der Waals surface area contributed by atoms with Crippen LogP contribution in [0.25, 0.3) is 0 Å². The zero-order chi connectivity index (χ0) is 12.7. The summed E-state index contributed by atoms with van der Waals surface area (Å²) < 4.78 is 0. The maximum atomic E-state index is 7.55. The summed E-state index contributed by atoms with van der Waals surface area (Å²) in [7, 11) is 2.12. The van der Waals surface area contributed by atoms with Crippen LogP contribution in [-0.2, 0) is 6.54 Å². The Labute approximate surface area is 104 Å². The molecule has 1 rings (SSSR count). The topological polar surface area (TPSA) is 53.1 Å². The van der Waals surface area contributed by atoms with E-state index in [4.69, 9.17) is 11.1 Å². The monoisotopic (exact) mass is 233 g/mol. The second kappa shape index (κ2) is 7.07. The average molecular weight is 233 g/mol. The number of nitrogens with zero attached hydrogens (tertiary/aromatic N) is 1. The van der Waals surface area contributed by atoms with Crippen molar-refractivity contribution in [1.29, 1.82) is 5.41 Å². The molecule has 0 heterocycles. The van der Waals surface area contributed by atoms with Crippen molar-refractivity contribution in [3.05, 3.63) is 35.4 Å². The number of hydrogen-bond acceptors (Lipinski definition) is 2. The Morgan fingerprint density at radius 1 is 1.29 bits per heavy atom. The second-order valence-corrected chi connectivity index (χ2v) is 4.52. The lowest BCUT2D eigenvalue weighted by atomic mass is 10.1. The summed E-state index contributed by atoms with van der Waals surface area (Å²) in [4.78, 5) is 2.29. The van der Waals surface area contributed by atoms with Crippen molar-refractivity contribution < 1.29 is 0 Å². The number of benzene rings is 1. The third kappa shape index (κ3) is 4.57. The van der Waals surface area contributed by atoms with E-state index in [-0.39, 0.29) is 5.84 Å². The summed E-state index contributed by atoms with van der Waals surface area (Å²) in [6.45, 7) is 4.17. The fourth-order valence-corrected chi connectivity index (χ4v) is 1.92. The molecule has 3 N–H and O–H groups in total. The maximum absolute atomic E-state index is 7.55. The van der Waals surface area contributed by atoms with Gasteiger partial charge in [0.05, 0.1) is 0 Å². The highest BCUT2D eigenvalue weighted by Crippen LogP contribution is 2.11. The van der Waals surface area contributed by atoms with Crippen LogP contribution in [-0.4, -0.2) is 24.3 Å². The van der Waals surface area contributed by atoms with Crippen molar-refractivity contribution >= 4 is 5.84 Å². The lowest BCUT2D eigenvalue weighted by Gasteiger charge is -2.18. The molecule has 1 aromatic rings. The van der Waals surface area contributed by atoms with Crippen LogP contribution < -0.4 is 5.73 Å². The van der Waals surface area contributed by atoms with Gasteiger partial charge in [-0.25, -0.2) is 0 Å². The van der Waals surface area contributed by atoms with Gasteiger partial charge in [-0.2, -0.15) is 0 Å². The maximum Gasteiger partial charge on any atom is 0.123 e. The first-order chi connectivity index (χ1) is 8.15. The fourth-order valence-electron chi connectivity index (χ4n) is 1.92. The predicted molar refractivity (Wildman–Crippen MR) is 73.3 cm³/mol. The molecule has 0 unspecified atom stereocenters. The van der Waals surface area contributed by atoms with Crippen molar-refractivity contribution in [1.82, 2.24) is 4.90 Å². The van der Waals surface area contributed by atoms with Gasteiger partial charge in [0.1, 0.15) is 5.84 Å². The molecule has 17 heavy (non-hydrogen) atoms. The van der Waals surface area contributed by atoms with Crippen molar-refractivity contribution in [2.24, 2.45) is 5.73 Å². The van der Waals surface area contributed by atoms with Gasteiger partial charge in [0.15, 0.2) is 0 Å². The van der Waals surface area contributed by atoms with Crippen LogP contribution in [0, 0.1) is 5.41 Å². The van der Waals surface area contributed by atoms with E-state index in [9.17, 15) is 0 Å². The molecule has 0 bridgehead atoms. The molecule has 0 saturated heterocycles. The van der Waals surface area contributed by atoms with Gasteiger partial charge in [0, 0.05) is 12.1 Å². The molecule has 0 spiro atoms. The summed E-state index contributed by atoms with van der Waals surface area (Å²) >= 11 is 0. The number of amidine groups is 1. The van der Waals surface area contributed by atoms with E-state index in [0.717, 1.165) is 24.2 Å². The van der Waals surface area contributed by atoms with E-state index < -0.39 is 0 Å². The Kier molecular flexibility index (Phi) is 5.70. The van der Waals surface area contributed by atoms with Crippen LogP contribution in [0.4, 0.5) is 0 Å². The standard InChI is InChI=1S/C14H23N3/c1-3-4-7-10-17(2)11-12-8-5-6-9-13(12)14(15)16/h5-6,8-9H,3-4,7,10-11H2,1-2H3,(H3,15,16). The first-order valence-electron chi connectivity index (χ1n) is 6.26. The lowest BCUT2D eigenvalue weighted by molar-refractivity contribution is 0.318. The van der Waals surface area contributed by atoms with Gasteiger partial charge in [-0.15, -0.1) is 0 Å². The molecular formula is C14H23N3. The Balaban J connectivity index is 2.58. The molecule has 0 atom stereocenters. The van der Waals surface area contributed by atoms with Gasteiger partial charge in [-0.1, -0.05) is 44.0 Å². The predicted octanol–water partition coefficient (Wildman–Crippen LogP) is 2.59. The summed E-state index contributed by atoms with van der Waals surface area (Å²) in [5, 5.41) is 7.55. The Morgan fingerprint density at radius 2 is 2.00 bits per heavy atom. The fraction of sp³-hybridized carbons (Fsp3) is 0.500. The summed E-state index contributed by atoms with van der Waals surface area (Å²) in [5.74, 6) is 0.155. The summed E-state index contributed by atoms with van der Waals surface area (Å²) in [6.07, 6.45) is 3.76. The molecular weight excluding hydrogens is 210 g/mol. The number of hydrogen-bond donors (Lipinski definition) is 2. The van der Waals surface area contributed by atoms with Crippen LogP contribution in [0.1, 0.15) is 37.3 Å². The molecule has 0 aliphatic carbocycles. The van der Waals surface area contributed by atoms with Gasteiger partial charge in [-0.05, 0) is 25.6 Å². The molecule has 0 aliphatic rings. The van der Waals surface area contributed by atoms with E-state index in [1.165, 1.54) is 19.3 Å². The highest BCUT2D eigenvalue weighted by molar-refractivity contribution is 5.96. The van der Waals surface area contributed by atoms with E-state index >= 15 is 0 Å². The molecule has 94 valence electrons. The smallest absolute Gasteiger partial charge is 0.123 e. The van der Waals surface area contributed by atoms with Gasteiger partial charge in [0.2, 0.25) is 0 Å². The number of nitrogen functional groups attached to an aromatic ring is 1. The average Bonchev–Trinajstić information content (AvgIpc) is 2.29. The molecule has 0 amide bonds. The minimum absolute atomic E-state index is 0.155. The minimum atomic E-state index is 0.155. The number of rotatable bonds is 7. The van der Waals surface area contributed by atoms with Crippen molar-refractivity contribution in [3.8, 4) is 0 Å². The largest absolute Gasteiger partial charge is 0.384 e. The highest BCUT2D eigenvalue weighted by Gasteiger charge is 2.06. The first-order valence-corrected chi connectivity index (χ1v) is 6.26. The normalized spacial score (nSPS) is 10.8. The SMILES string of the molecule is CCCCCN(C)Cc1ccccc1C(=N)N. The van der Waals surface area contributed by atoms with Crippen LogP contribution in [0.2, 0.25) is 0 Å². The minimum Gasteiger partial charge on any atom is -0.384 e. The molecule has 0 aliphatic heterocycles. The quantitative estimate of drug-likeness (QED) is 0.432. The molecule has 0 saturated carbocycles.